The molecule has 2 aromatic heterocycles. The summed E-state index contributed by atoms with van der Waals surface area (Å²) in [5.74, 6) is 0.622. The van der Waals surface area contributed by atoms with E-state index in [9.17, 15) is 4.79 Å². The molecule has 0 saturated carbocycles. The van der Waals surface area contributed by atoms with E-state index in [-0.39, 0.29) is 5.91 Å². The number of aromatic nitrogens is 4. The van der Waals surface area contributed by atoms with Crippen molar-refractivity contribution < 1.29 is 4.79 Å². The van der Waals surface area contributed by atoms with Gasteiger partial charge in [0.15, 0.2) is 5.69 Å². The molecule has 6 heteroatoms. The maximum absolute atomic E-state index is 12.2. The van der Waals surface area contributed by atoms with E-state index < -0.39 is 0 Å². The van der Waals surface area contributed by atoms with E-state index in [4.69, 9.17) is 0 Å². The lowest BCUT2D eigenvalue weighted by molar-refractivity contribution is 0.102. The van der Waals surface area contributed by atoms with Gasteiger partial charge in [-0.3, -0.25) is 9.89 Å². The van der Waals surface area contributed by atoms with Crippen LogP contribution in [0.5, 0.6) is 0 Å². The van der Waals surface area contributed by atoms with Crippen molar-refractivity contribution in [1.82, 2.24) is 19.7 Å². The highest BCUT2D eigenvalue weighted by atomic mass is 16.1. The average Bonchev–Trinajstić information content (AvgIpc) is 3.16. The summed E-state index contributed by atoms with van der Waals surface area (Å²) in [4.78, 5) is 16.5. The molecule has 2 heterocycles. The van der Waals surface area contributed by atoms with Crippen LogP contribution < -0.4 is 5.32 Å². The van der Waals surface area contributed by atoms with Gasteiger partial charge in [-0.1, -0.05) is 19.1 Å². The smallest absolute Gasteiger partial charge is 0.276 e. The van der Waals surface area contributed by atoms with E-state index in [1.165, 1.54) is 0 Å². The third kappa shape index (κ3) is 2.76. The number of aromatic amines is 1. The molecule has 1 aromatic carbocycles. The standard InChI is InChI=1S/C16H17N5O/c1-3-12-10-14(20-19-12)16(22)18-13-6-4-5-11(9-13)15-17-7-8-21(15)2/h4-10H,3H2,1-2H3,(H,18,22)(H,19,20). The number of aryl methyl sites for hydroxylation is 2. The molecule has 0 radical (unpaired) electrons. The summed E-state index contributed by atoms with van der Waals surface area (Å²) in [6.45, 7) is 2.01. The summed E-state index contributed by atoms with van der Waals surface area (Å²) < 4.78 is 1.93. The van der Waals surface area contributed by atoms with E-state index in [0.717, 1.165) is 23.5 Å². The van der Waals surface area contributed by atoms with E-state index in [0.29, 0.717) is 11.4 Å². The largest absolute Gasteiger partial charge is 0.334 e. The lowest BCUT2D eigenvalue weighted by Crippen LogP contribution is -2.12. The predicted molar refractivity (Wildman–Crippen MR) is 84.6 cm³/mol. The highest BCUT2D eigenvalue weighted by Gasteiger charge is 2.11. The van der Waals surface area contributed by atoms with E-state index in [2.05, 4.69) is 20.5 Å². The van der Waals surface area contributed by atoms with Crippen LogP contribution in [0.2, 0.25) is 0 Å². The molecule has 0 unspecified atom stereocenters. The van der Waals surface area contributed by atoms with Crippen molar-refractivity contribution in [2.24, 2.45) is 7.05 Å². The van der Waals surface area contributed by atoms with Gasteiger partial charge in [0.1, 0.15) is 5.82 Å². The highest BCUT2D eigenvalue weighted by molar-refractivity contribution is 6.03. The molecule has 0 bridgehead atoms. The third-order valence-corrected chi connectivity index (χ3v) is 3.44. The van der Waals surface area contributed by atoms with Crippen molar-refractivity contribution in [3.05, 3.63) is 54.1 Å². The Morgan fingerprint density at radius 3 is 2.91 bits per heavy atom. The minimum atomic E-state index is -0.229. The lowest BCUT2D eigenvalue weighted by Gasteiger charge is -2.06. The van der Waals surface area contributed by atoms with Gasteiger partial charge < -0.3 is 9.88 Å². The molecule has 0 aliphatic heterocycles. The first-order valence-corrected chi connectivity index (χ1v) is 7.10. The Kier molecular flexibility index (Phi) is 3.74. The Morgan fingerprint density at radius 1 is 1.36 bits per heavy atom. The van der Waals surface area contributed by atoms with Crippen LogP contribution in [0.4, 0.5) is 5.69 Å². The molecule has 0 saturated heterocycles. The normalized spacial score (nSPS) is 10.6. The van der Waals surface area contributed by atoms with Crippen LogP contribution in [-0.2, 0) is 13.5 Å². The summed E-state index contributed by atoms with van der Waals surface area (Å²) in [6.07, 6.45) is 4.45. The Morgan fingerprint density at radius 2 is 2.23 bits per heavy atom. The van der Waals surface area contributed by atoms with Gasteiger partial charge in [-0.05, 0) is 24.6 Å². The number of hydrogen-bond donors (Lipinski definition) is 2. The number of imidazole rings is 1. The zero-order chi connectivity index (χ0) is 15.5. The summed E-state index contributed by atoms with van der Waals surface area (Å²) in [5, 5.41) is 9.71. The summed E-state index contributed by atoms with van der Waals surface area (Å²) >= 11 is 0. The Balaban J connectivity index is 1.81. The summed E-state index contributed by atoms with van der Waals surface area (Å²) in [6, 6.07) is 9.35. The first-order chi connectivity index (χ1) is 10.7. The average molecular weight is 295 g/mol. The predicted octanol–water partition coefficient (Wildman–Crippen LogP) is 2.62. The zero-order valence-electron chi connectivity index (χ0n) is 12.5. The molecular formula is C16H17N5O. The molecule has 0 spiro atoms. The van der Waals surface area contributed by atoms with Crippen molar-refractivity contribution >= 4 is 11.6 Å². The third-order valence-electron chi connectivity index (χ3n) is 3.44. The van der Waals surface area contributed by atoms with Gasteiger partial charge in [-0.15, -0.1) is 0 Å². The van der Waals surface area contributed by atoms with Crippen molar-refractivity contribution in [1.29, 1.82) is 0 Å². The van der Waals surface area contributed by atoms with Crippen LogP contribution in [0.1, 0.15) is 23.1 Å². The molecule has 1 amide bonds. The SMILES string of the molecule is CCc1cc(C(=O)Nc2cccc(-c3nccn3C)c2)n[nH]1. The van der Waals surface area contributed by atoms with E-state index >= 15 is 0 Å². The second-order valence-corrected chi connectivity index (χ2v) is 5.03. The molecule has 22 heavy (non-hydrogen) atoms. The fraction of sp³-hybridized carbons (Fsp3) is 0.188. The van der Waals surface area contributed by atoms with Gasteiger partial charge >= 0.3 is 0 Å². The maximum Gasteiger partial charge on any atom is 0.276 e. The number of amides is 1. The minimum Gasteiger partial charge on any atom is -0.334 e. The number of hydrogen-bond acceptors (Lipinski definition) is 3. The monoisotopic (exact) mass is 295 g/mol. The fourth-order valence-electron chi connectivity index (χ4n) is 2.23. The quantitative estimate of drug-likeness (QED) is 0.777. The zero-order valence-corrected chi connectivity index (χ0v) is 12.5. The molecule has 0 atom stereocenters. The van der Waals surface area contributed by atoms with Crippen molar-refractivity contribution in [3.8, 4) is 11.4 Å². The van der Waals surface area contributed by atoms with Gasteiger partial charge in [0, 0.05) is 36.4 Å². The van der Waals surface area contributed by atoms with Gasteiger partial charge in [0.2, 0.25) is 0 Å². The van der Waals surface area contributed by atoms with Gasteiger partial charge in [0.25, 0.3) is 5.91 Å². The number of benzene rings is 1. The van der Waals surface area contributed by atoms with E-state index in [1.807, 2.05) is 49.0 Å². The molecule has 6 nitrogen and oxygen atoms in total. The Hall–Kier alpha value is -2.89. The highest BCUT2D eigenvalue weighted by Crippen LogP contribution is 2.21. The number of anilines is 1. The van der Waals surface area contributed by atoms with E-state index in [1.54, 1.807) is 12.3 Å². The van der Waals surface area contributed by atoms with Crippen LogP contribution >= 0.6 is 0 Å². The van der Waals surface area contributed by atoms with Gasteiger partial charge in [0.05, 0.1) is 0 Å². The number of nitrogens with zero attached hydrogens (tertiary/aromatic N) is 3. The maximum atomic E-state index is 12.2. The molecule has 3 aromatic rings. The van der Waals surface area contributed by atoms with Crippen LogP contribution in [0.15, 0.2) is 42.7 Å². The van der Waals surface area contributed by atoms with Crippen LogP contribution in [0.3, 0.4) is 0 Å². The minimum absolute atomic E-state index is 0.229. The van der Waals surface area contributed by atoms with Crippen LogP contribution in [0.25, 0.3) is 11.4 Å². The second kappa shape index (κ2) is 5.85. The Labute approximate surface area is 128 Å². The number of H-pyrrole nitrogens is 1. The summed E-state index contributed by atoms with van der Waals surface area (Å²) in [7, 11) is 1.93. The van der Waals surface area contributed by atoms with Crippen LogP contribution in [-0.4, -0.2) is 25.7 Å². The molecular weight excluding hydrogens is 278 g/mol. The van der Waals surface area contributed by atoms with Gasteiger partial charge in [-0.25, -0.2) is 4.98 Å². The molecule has 0 aliphatic carbocycles. The number of carbonyl (C=O) groups excluding carboxylic acids is 1. The van der Waals surface area contributed by atoms with Crippen molar-refractivity contribution in [2.45, 2.75) is 13.3 Å². The fourth-order valence-corrected chi connectivity index (χ4v) is 2.23. The lowest BCUT2D eigenvalue weighted by atomic mass is 10.2. The van der Waals surface area contributed by atoms with Crippen LogP contribution in [0, 0.1) is 0 Å². The number of nitrogens with one attached hydrogen (secondary N) is 2. The number of rotatable bonds is 4. The number of carbonyl (C=O) groups is 1. The first-order valence-electron chi connectivity index (χ1n) is 7.10. The Bertz CT molecular complexity index is 802. The molecule has 2 N–H and O–H groups in total. The molecule has 0 fully saturated rings. The molecule has 112 valence electrons. The topological polar surface area (TPSA) is 75.6 Å². The van der Waals surface area contributed by atoms with Gasteiger partial charge in [-0.2, -0.15) is 5.10 Å². The molecule has 0 aliphatic rings. The summed E-state index contributed by atoms with van der Waals surface area (Å²) in [5.41, 5.74) is 2.99. The first kappa shape index (κ1) is 14.1. The van der Waals surface area contributed by atoms with Crippen molar-refractivity contribution in [2.75, 3.05) is 5.32 Å². The molecule has 3 rings (SSSR count). The second-order valence-electron chi connectivity index (χ2n) is 5.03. The van der Waals surface area contributed by atoms with Crippen molar-refractivity contribution in [3.63, 3.8) is 0 Å².